The van der Waals surface area contributed by atoms with E-state index in [4.69, 9.17) is 16.3 Å². The first kappa shape index (κ1) is 12.7. The van der Waals surface area contributed by atoms with Crippen LogP contribution < -0.4 is 4.74 Å². The maximum Gasteiger partial charge on any atom is 0.163 e. The largest absolute Gasteiger partial charge is 0.488 e. The Labute approximate surface area is 121 Å². The minimum Gasteiger partial charge on any atom is -0.488 e. The van der Waals surface area contributed by atoms with E-state index in [1.54, 1.807) is 0 Å². The molecule has 1 aliphatic carbocycles. The highest BCUT2D eigenvalue weighted by Gasteiger charge is 2.20. The van der Waals surface area contributed by atoms with E-state index in [-0.39, 0.29) is 5.78 Å². The Hall–Kier alpha value is -1.32. The lowest BCUT2D eigenvalue weighted by Gasteiger charge is -2.18. The van der Waals surface area contributed by atoms with Crippen LogP contribution >= 0.6 is 22.9 Å². The highest BCUT2D eigenvalue weighted by atomic mass is 35.5. The van der Waals surface area contributed by atoms with Gasteiger partial charge < -0.3 is 4.74 Å². The molecule has 0 bridgehead atoms. The Morgan fingerprint density at radius 1 is 1.21 bits per heavy atom. The summed E-state index contributed by atoms with van der Waals surface area (Å²) in [5.74, 6) is 1.06. The zero-order chi connectivity index (χ0) is 13.2. The normalized spacial score (nSPS) is 14.3. The van der Waals surface area contributed by atoms with Crippen LogP contribution in [0.3, 0.4) is 0 Å². The first-order valence-corrected chi connectivity index (χ1v) is 7.45. The standard InChI is InChI=1S/C15H13ClO2S/c16-15-8-7-10(19-15)9-18-14-6-2-3-11-12(14)4-1-5-13(11)17/h2-3,6-8H,1,4-5,9H2. The number of hydrogen-bond donors (Lipinski definition) is 0. The molecule has 0 saturated heterocycles. The molecule has 4 heteroatoms. The molecule has 1 aromatic carbocycles. The molecule has 0 amide bonds. The van der Waals surface area contributed by atoms with Gasteiger partial charge in [0, 0.05) is 22.4 Å². The Morgan fingerprint density at radius 3 is 2.89 bits per heavy atom. The van der Waals surface area contributed by atoms with Crippen molar-refractivity contribution in [3.05, 3.63) is 50.7 Å². The van der Waals surface area contributed by atoms with Crippen molar-refractivity contribution >= 4 is 28.7 Å². The molecule has 0 atom stereocenters. The number of ether oxygens (including phenoxy) is 1. The van der Waals surface area contributed by atoms with Crippen LogP contribution in [0.2, 0.25) is 4.34 Å². The van der Waals surface area contributed by atoms with Gasteiger partial charge in [0.15, 0.2) is 5.78 Å². The average Bonchev–Trinajstić information content (AvgIpc) is 2.83. The lowest BCUT2D eigenvalue weighted by Crippen LogP contribution is -2.12. The highest BCUT2D eigenvalue weighted by molar-refractivity contribution is 7.16. The van der Waals surface area contributed by atoms with Gasteiger partial charge in [-0.2, -0.15) is 0 Å². The van der Waals surface area contributed by atoms with Crippen LogP contribution in [0.25, 0.3) is 0 Å². The number of thiophene rings is 1. The Morgan fingerprint density at radius 2 is 2.11 bits per heavy atom. The van der Waals surface area contributed by atoms with Gasteiger partial charge in [-0.1, -0.05) is 23.7 Å². The molecule has 1 aliphatic rings. The SMILES string of the molecule is O=C1CCCc2c(OCc3ccc(Cl)s3)cccc21. The predicted octanol–water partition coefficient (Wildman–Crippen LogP) is 4.50. The van der Waals surface area contributed by atoms with Gasteiger partial charge in [0.05, 0.1) is 4.34 Å². The van der Waals surface area contributed by atoms with Crippen molar-refractivity contribution in [2.45, 2.75) is 25.9 Å². The van der Waals surface area contributed by atoms with E-state index in [1.165, 1.54) is 11.3 Å². The maximum absolute atomic E-state index is 11.8. The average molecular weight is 293 g/mol. The van der Waals surface area contributed by atoms with Crippen molar-refractivity contribution in [2.24, 2.45) is 0 Å². The molecule has 0 spiro atoms. The molecular formula is C15H13ClO2S. The number of carbonyl (C=O) groups is 1. The summed E-state index contributed by atoms with van der Waals surface area (Å²) in [6.45, 7) is 0.502. The molecule has 19 heavy (non-hydrogen) atoms. The van der Waals surface area contributed by atoms with Crippen molar-refractivity contribution in [2.75, 3.05) is 0 Å². The molecule has 1 aromatic heterocycles. The second-order valence-electron chi connectivity index (χ2n) is 4.55. The third kappa shape index (κ3) is 2.67. The third-order valence-corrected chi connectivity index (χ3v) is 4.47. The topological polar surface area (TPSA) is 26.3 Å². The summed E-state index contributed by atoms with van der Waals surface area (Å²) < 4.78 is 6.62. The second kappa shape index (κ2) is 5.35. The molecule has 98 valence electrons. The van der Waals surface area contributed by atoms with Crippen molar-refractivity contribution in [3.63, 3.8) is 0 Å². The molecule has 3 rings (SSSR count). The molecule has 1 heterocycles. The molecule has 0 N–H and O–H groups in total. The maximum atomic E-state index is 11.8. The molecule has 0 fully saturated rings. The molecular weight excluding hydrogens is 280 g/mol. The van der Waals surface area contributed by atoms with E-state index in [9.17, 15) is 4.79 Å². The van der Waals surface area contributed by atoms with Crippen molar-refractivity contribution in [1.29, 1.82) is 0 Å². The Balaban J connectivity index is 1.81. The minimum atomic E-state index is 0.228. The second-order valence-corrected chi connectivity index (χ2v) is 6.35. The first-order chi connectivity index (χ1) is 9.24. The molecule has 0 radical (unpaired) electrons. The zero-order valence-electron chi connectivity index (χ0n) is 10.3. The Bertz CT molecular complexity index is 618. The van der Waals surface area contributed by atoms with Gasteiger partial charge in [-0.3, -0.25) is 4.79 Å². The van der Waals surface area contributed by atoms with Gasteiger partial charge in [-0.25, -0.2) is 0 Å². The number of carbonyl (C=O) groups excluding carboxylic acids is 1. The molecule has 2 aromatic rings. The number of benzene rings is 1. The number of rotatable bonds is 3. The van der Waals surface area contributed by atoms with Gasteiger partial charge in [-0.05, 0) is 31.0 Å². The number of ketones is 1. The fourth-order valence-electron chi connectivity index (χ4n) is 2.36. The van der Waals surface area contributed by atoms with Gasteiger partial charge in [-0.15, -0.1) is 11.3 Å². The number of halogens is 1. The van der Waals surface area contributed by atoms with E-state index in [2.05, 4.69) is 0 Å². The summed E-state index contributed by atoms with van der Waals surface area (Å²) in [6, 6.07) is 9.56. The number of fused-ring (bicyclic) bond motifs is 1. The van der Waals surface area contributed by atoms with Crippen LogP contribution in [0, 0.1) is 0 Å². The smallest absolute Gasteiger partial charge is 0.163 e. The van der Waals surface area contributed by atoms with E-state index in [0.717, 1.165) is 38.9 Å². The zero-order valence-corrected chi connectivity index (χ0v) is 11.9. The van der Waals surface area contributed by atoms with Gasteiger partial charge in [0.1, 0.15) is 12.4 Å². The van der Waals surface area contributed by atoms with E-state index >= 15 is 0 Å². The van der Waals surface area contributed by atoms with Gasteiger partial charge >= 0.3 is 0 Å². The quantitative estimate of drug-likeness (QED) is 0.832. The predicted molar refractivity (Wildman–Crippen MR) is 77.4 cm³/mol. The molecule has 0 unspecified atom stereocenters. The van der Waals surface area contributed by atoms with Crippen LogP contribution in [0.1, 0.15) is 33.6 Å². The van der Waals surface area contributed by atoms with Crippen LogP contribution in [0.4, 0.5) is 0 Å². The lowest BCUT2D eigenvalue weighted by atomic mass is 9.90. The Kier molecular flexibility index (Phi) is 3.58. The summed E-state index contributed by atoms with van der Waals surface area (Å²) in [7, 11) is 0. The van der Waals surface area contributed by atoms with Crippen LogP contribution in [0.15, 0.2) is 30.3 Å². The fourth-order valence-corrected chi connectivity index (χ4v) is 3.36. The summed E-state index contributed by atoms with van der Waals surface area (Å²) in [4.78, 5) is 12.9. The summed E-state index contributed by atoms with van der Waals surface area (Å²) in [5.41, 5.74) is 1.88. The van der Waals surface area contributed by atoms with Gasteiger partial charge in [0.2, 0.25) is 0 Å². The van der Waals surface area contributed by atoms with Crippen LogP contribution in [0.5, 0.6) is 5.75 Å². The molecule has 0 saturated carbocycles. The monoisotopic (exact) mass is 292 g/mol. The first-order valence-electron chi connectivity index (χ1n) is 6.26. The van der Waals surface area contributed by atoms with Crippen molar-refractivity contribution in [3.8, 4) is 5.75 Å². The van der Waals surface area contributed by atoms with Crippen LogP contribution in [-0.4, -0.2) is 5.78 Å². The van der Waals surface area contributed by atoms with Crippen molar-refractivity contribution in [1.82, 2.24) is 0 Å². The summed E-state index contributed by atoms with van der Waals surface area (Å²) in [6.07, 6.45) is 2.48. The third-order valence-electron chi connectivity index (χ3n) is 3.26. The number of Topliss-reactive ketones (excluding diaryl/α,β-unsaturated/α-hetero) is 1. The molecule has 0 aliphatic heterocycles. The van der Waals surface area contributed by atoms with Crippen molar-refractivity contribution < 1.29 is 9.53 Å². The van der Waals surface area contributed by atoms with Gasteiger partial charge in [0.25, 0.3) is 0 Å². The fraction of sp³-hybridized carbons (Fsp3) is 0.267. The van der Waals surface area contributed by atoms with E-state index in [1.807, 2.05) is 30.3 Å². The summed E-state index contributed by atoms with van der Waals surface area (Å²) >= 11 is 7.41. The molecule has 2 nitrogen and oxygen atoms in total. The van der Waals surface area contributed by atoms with Crippen LogP contribution in [-0.2, 0) is 13.0 Å². The van der Waals surface area contributed by atoms with E-state index < -0.39 is 0 Å². The minimum absolute atomic E-state index is 0.228. The lowest BCUT2D eigenvalue weighted by molar-refractivity contribution is 0.0971. The van der Waals surface area contributed by atoms with E-state index in [0.29, 0.717) is 13.0 Å². The summed E-state index contributed by atoms with van der Waals surface area (Å²) in [5, 5.41) is 0. The number of hydrogen-bond acceptors (Lipinski definition) is 3. The highest BCUT2D eigenvalue weighted by Crippen LogP contribution is 2.31.